The van der Waals surface area contributed by atoms with Crippen LogP contribution in [0.3, 0.4) is 0 Å². The predicted octanol–water partition coefficient (Wildman–Crippen LogP) is 0.383. The van der Waals surface area contributed by atoms with Crippen molar-refractivity contribution >= 4 is 34.6 Å². The molecule has 1 aromatic carbocycles. The number of nitrogens with one attached hydrogen (secondary N) is 4. The highest BCUT2D eigenvalue weighted by Crippen LogP contribution is 2.19. The van der Waals surface area contributed by atoms with E-state index in [2.05, 4.69) is 20.9 Å². The molecule has 0 spiro atoms. The summed E-state index contributed by atoms with van der Waals surface area (Å²) in [5.41, 5.74) is 13.2. The number of carbonyl (C=O) groups is 4. The lowest BCUT2D eigenvalue weighted by molar-refractivity contribution is -0.142. The molecule has 0 aliphatic rings. The lowest BCUT2D eigenvalue weighted by Crippen LogP contribution is -2.54. The molecular formula is C25H38N6O5. The van der Waals surface area contributed by atoms with Crippen LogP contribution in [0.15, 0.2) is 30.5 Å². The van der Waals surface area contributed by atoms with Crippen molar-refractivity contribution in [3.05, 3.63) is 36.0 Å². The average molecular weight is 503 g/mol. The molecule has 0 fully saturated rings. The van der Waals surface area contributed by atoms with E-state index in [1.807, 2.05) is 38.1 Å². The number of carboxylic acid groups (broad SMARTS) is 1. The number of benzene rings is 1. The zero-order valence-corrected chi connectivity index (χ0v) is 20.9. The van der Waals surface area contributed by atoms with Gasteiger partial charge in [0.1, 0.15) is 12.1 Å². The molecule has 2 rings (SSSR count). The average Bonchev–Trinajstić information content (AvgIpc) is 3.24. The van der Waals surface area contributed by atoms with Crippen molar-refractivity contribution in [2.45, 2.75) is 64.1 Å². The van der Waals surface area contributed by atoms with Crippen LogP contribution in [0.4, 0.5) is 0 Å². The first-order valence-corrected chi connectivity index (χ1v) is 12.2. The number of unbranched alkanes of at least 4 members (excludes halogenated alkanes) is 1. The molecule has 3 unspecified atom stereocenters. The number of fused-ring (bicyclic) bond motifs is 1. The molecular weight excluding hydrogens is 464 g/mol. The summed E-state index contributed by atoms with van der Waals surface area (Å²) in [6.45, 7) is 3.77. The number of hydrogen-bond acceptors (Lipinski definition) is 6. The highest BCUT2D eigenvalue weighted by molar-refractivity contribution is 5.93. The fourth-order valence-electron chi connectivity index (χ4n) is 3.88. The van der Waals surface area contributed by atoms with Gasteiger partial charge < -0.3 is 37.5 Å². The molecule has 0 radical (unpaired) electrons. The number of carbonyl (C=O) groups excluding carboxylic acids is 3. The summed E-state index contributed by atoms with van der Waals surface area (Å²) < 4.78 is 0. The molecule has 3 atom stereocenters. The number of hydrogen-bond donors (Lipinski definition) is 7. The Kier molecular flexibility index (Phi) is 11.4. The zero-order valence-electron chi connectivity index (χ0n) is 20.9. The van der Waals surface area contributed by atoms with Crippen LogP contribution >= 0.6 is 0 Å². The lowest BCUT2D eigenvalue weighted by atomic mass is 10.0. The first-order chi connectivity index (χ1) is 17.1. The summed E-state index contributed by atoms with van der Waals surface area (Å²) in [5, 5.41) is 17.9. The second-order valence-electron chi connectivity index (χ2n) is 9.32. The van der Waals surface area contributed by atoms with E-state index >= 15 is 0 Å². The Hall–Kier alpha value is -3.44. The molecule has 1 heterocycles. The molecule has 0 aliphatic heterocycles. The maximum Gasteiger partial charge on any atom is 0.326 e. The van der Waals surface area contributed by atoms with Crippen LogP contribution in [0.2, 0.25) is 0 Å². The summed E-state index contributed by atoms with van der Waals surface area (Å²) in [4.78, 5) is 52.6. The second-order valence-corrected chi connectivity index (χ2v) is 9.32. The van der Waals surface area contributed by atoms with Crippen LogP contribution in [-0.2, 0) is 25.6 Å². The van der Waals surface area contributed by atoms with Crippen molar-refractivity contribution in [3.63, 3.8) is 0 Å². The largest absolute Gasteiger partial charge is 0.480 e. The van der Waals surface area contributed by atoms with Gasteiger partial charge in [-0.25, -0.2) is 4.79 Å². The van der Waals surface area contributed by atoms with E-state index in [1.54, 1.807) is 6.20 Å². The van der Waals surface area contributed by atoms with E-state index in [9.17, 15) is 24.3 Å². The number of aliphatic carboxylic acids is 1. The Bertz CT molecular complexity index is 1040. The Morgan fingerprint density at radius 3 is 2.42 bits per heavy atom. The molecule has 9 N–H and O–H groups in total. The van der Waals surface area contributed by atoms with E-state index in [1.165, 1.54) is 0 Å². The third kappa shape index (κ3) is 8.97. The summed E-state index contributed by atoms with van der Waals surface area (Å²) in [5.74, 6) is -2.76. The fourth-order valence-corrected chi connectivity index (χ4v) is 3.88. The van der Waals surface area contributed by atoms with Gasteiger partial charge in [0.05, 0.1) is 12.6 Å². The molecule has 3 amide bonds. The van der Waals surface area contributed by atoms with Crippen molar-refractivity contribution in [2.24, 2.45) is 17.4 Å². The number of carboxylic acids is 1. The number of nitrogens with two attached hydrogens (primary N) is 2. The Labute approximate surface area is 210 Å². The van der Waals surface area contributed by atoms with Gasteiger partial charge in [-0.05, 0) is 43.4 Å². The van der Waals surface area contributed by atoms with Gasteiger partial charge in [-0.3, -0.25) is 14.4 Å². The van der Waals surface area contributed by atoms with Gasteiger partial charge >= 0.3 is 5.97 Å². The highest BCUT2D eigenvalue weighted by Gasteiger charge is 2.26. The Morgan fingerprint density at radius 1 is 1.03 bits per heavy atom. The number of amides is 3. The van der Waals surface area contributed by atoms with E-state index in [0.29, 0.717) is 19.4 Å². The lowest BCUT2D eigenvalue weighted by Gasteiger charge is -2.21. The Balaban J connectivity index is 2.08. The van der Waals surface area contributed by atoms with E-state index < -0.39 is 48.4 Å². The Morgan fingerprint density at radius 2 is 1.75 bits per heavy atom. The van der Waals surface area contributed by atoms with Crippen LogP contribution in [0.5, 0.6) is 0 Å². The monoisotopic (exact) mass is 502 g/mol. The van der Waals surface area contributed by atoms with Gasteiger partial charge in [-0.1, -0.05) is 38.5 Å². The molecule has 198 valence electrons. The minimum atomic E-state index is -1.14. The van der Waals surface area contributed by atoms with Crippen LogP contribution < -0.4 is 27.4 Å². The van der Waals surface area contributed by atoms with Crippen LogP contribution in [-0.4, -0.2) is 65.0 Å². The van der Waals surface area contributed by atoms with Gasteiger partial charge in [0.25, 0.3) is 0 Å². The molecule has 0 saturated heterocycles. The number of rotatable bonds is 15. The number of H-pyrrole nitrogens is 1. The minimum Gasteiger partial charge on any atom is -0.480 e. The van der Waals surface area contributed by atoms with Gasteiger partial charge in [0.15, 0.2) is 0 Å². The smallest absolute Gasteiger partial charge is 0.326 e. The van der Waals surface area contributed by atoms with Gasteiger partial charge in [0.2, 0.25) is 17.7 Å². The minimum absolute atomic E-state index is 0.0609. The van der Waals surface area contributed by atoms with E-state index in [-0.39, 0.29) is 18.8 Å². The molecule has 11 heteroatoms. The molecule has 0 saturated carbocycles. The molecule has 11 nitrogen and oxygen atoms in total. The summed E-state index contributed by atoms with van der Waals surface area (Å²) in [6, 6.07) is 4.73. The highest BCUT2D eigenvalue weighted by atomic mass is 16.4. The number of aromatic amines is 1. The van der Waals surface area contributed by atoms with E-state index in [0.717, 1.165) is 22.9 Å². The molecule has 1 aromatic heterocycles. The molecule has 2 aromatic rings. The van der Waals surface area contributed by atoms with Gasteiger partial charge in [0, 0.05) is 23.5 Å². The maximum atomic E-state index is 13.0. The van der Waals surface area contributed by atoms with Crippen molar-refractivity contribution < 1.29 is 24.3 Å². The topological polar surface area (TPSA) is 192 Å². The van der Waals surface area contributed by atoms with Crippen LogP contribution in [0, 0.1) is 5.92 Å². The van der Waals surface area contributed by atoms with E-state index in [4.69, 9.17) is 11.5 Å². The van der Waals surface area contributed by atoms with Gasteiger partial charge in [-0.2, -0.15) is 0 Å². The third-order valence-electron chi connectivity index (χ3n) is 5.80. The number of aromatic nitrogens is 1. The van der Waals surface area contributed by atoms with Crippen molar-refractivity contribution in [2.75, 3.05) is 13.1 Å². The summed E-state index contributed by atoms with van der Waals surface area (Å²) >= 11 is 0. The van der Waals surface area contributed by atoms with Crippen molar-refractivity contribution in [1.29, 1.82) is 0 Å². The first-order valence-electron chi connectivity index (χ1n) is 12.2. The van der Waals surface area contributed by atoms with Crippen molar-refractivity contribution in [1.82, 2.24) is 20.9 Å². The summed E-state index contributed by atoms with van der Waals surface area (Å²) in [6.07, 6.45) is 4.06. The zero-order chi connectivity index (χ0) is 26.7. The quantitative estimate of drug-likeness (QED) is 0.171. The summed E-state index contributed by atoms with van der Waals surface area (Å²) in [7, 11) is 0. The maximum absolute atomic E-state index is 13.0. The third-order valence-corrected chi connectivity index (χ3v) is 5.80. The second kappa shape index (κ2) is 14.2. The predicted molar refractivity (Wildman–Crippen MR) is 137 cm³/mol. The standard InChI is InChI=1S/C25H38N6O5/c1-15(2)11-21(25(35)36)30-22(32)14-29-24(34)20(31-23(33)18(27)8-5-6-10-26)12-16-13-28-19-9-4-3-7-17(16)19/h3-4,7,9,13,15,18,20-21,28H,5-6,8,10-12,14,26-27H2,1-2H3,(H,29,34)(H,30,32)(H,31,33)(H,35,36). The van der Waals surface area contributed by atoms with Crippen LogP contribution in [0.25, 0.3) is 10.9 Å². The molecule has 0 aliphatic carbocycles. The number of para-hydroxylation sites is 1. The fraction of sp³-hybridized carbons (Fsp3) is 0.520. The molecule has 0 bridgehead atoms. The molecule has 36 heavy (non-hydrogen) atoms. The van der Waals surface area contributed by atoms with Crippen LogP contribution in [0.1, 0.15) is 45.1 Å². The SMILES string of the molecule is CC(C)CC(NC(=O)CNC(=O)C(Cc1c[nH]c2ccccc12)NC(=O)C(N)CCCCN)C(=O)O. The first kappa shape index (κ1) is 28.8. The van der Waals surface area contributed by atoms with Gasteiger partial charge in [-0.15, -0.1) is 0 Å². The van der Waals surface area contributed by atoms with Crippen molar-refractivity contribution in [3.8, 4) is 0 Å². The normalized spacial score (nSPS) is 13.7.